The van der Waals surface area contributed by atoms with E-state index in [1.165, 1.54) is 30.2 Å². The van der Waals surface area contributed by atoms with Gasteiger partial charge in [0.05, 0.1) is 0 Å². The predicted octanol–water partition coefficient (Wildman–Crippen LogP) is 5.52. The zero-order chi connectivity index (χ0) is 12.4. The molecule has 0 atom stereocenters. The maximum atomic E-state index is 2.55. The van der Waals surface area contributed by atoms with Gasteiger partial charge in [0, 0.05) is 0 Å². The van der Waals surface area contributed by atoms with Gasteiger partial charge in [0.25, 0.3) is 0 Å². The number of rotatable bonds is 9. The second kappa shape index (κ2) is 9.74. The third-order valence-corrected chi connectivity index (χ3v) is 10.6. The van der Waals surface area contributed by atoms with Gasteiger partial charge in [0.1, 0.15) is 0 Å². The molecule has 0 rings (SSSR count). The summed E-state index contributed by atoms with van der Waals surface area (Å²) in [4.78, 5) is 0. The Morgan fingerprint density at radius 2 is 1.44 bits per heavy atom. The molecule has 0 aliphatic heterocycles. The number of unbranched alkanes of at least 4 members (excludes halogenated alkanes) is 2. The quantitative estimate of drug-likeness (QED) is 0.478. The van der Waals surface area contributed by atoms with Gasteiger partial charge in [-0.3, -0.25) is 0 Å². The van der Waals surface area contributed by atoms with Crippen LogP contribution in [0.4, 0.5) is 0 Å². The fourth-order valence-corrected chi connectivity index (χ4v) is 9.42. The van der Waals surface area contributed by atoms with Gasteiger partial charge in [-0.25, -0.2) is 0 Å². The monoisotopic (exact) mass is 357 g/mol. The van der Waals surface area contributed by atoms with Crippen molar-refractivity contribution >= 4 is 27.6 Å². The first-order chi connectivity index (χ1) is 7.49. The second-order valence-corrected chi connectivity index (χ2v) is 17.5. The second-order valence-electron chi connectivity index (χ2n) is 5.66. The van der Waals surface area contributed by atoms with Crippen LogP contribution < -0.4 is 0 Å². The Morgan fingerprint density at radius 3 is 1.81 bits per heavy atom. The summed E-state index contributed by atoms with van der Waals surface area (Å²) in [5.74, 6) is 0. The molecule has 96 valence electrons. The molecule has 0 saturated carbocycles. The molecule has 0 radical (unpaired) electrons. The molecule has 0 aromatic heterocycles. The van der Waals surface area contributed by atoms with Crippen molar-refractivity contribution in [1.82, 2.24) is 0 Å². The van der Waals surface area contributed by atoms with E-state index in [2.05, 4.69) is 45.3 Å². The van der Waals surface area contributed by atoms with E-state index in [9.17, 15) is 0 Å². The van der Waals surface area contributed by atoms with Crippen LogP contribution in [-0.2, 0) is 0 Å². The Hall–Kier alpha value is 0.746. The van der Waals surface area contributed by atoms with Gasteiger partial charge >= 0.3 is 112 Å². The van der Waals surface area contributed by atoms with Gasteiger partial charge in [-0.1, -0.05) is 0 Å². The van der Waals surface area contributed by atoms with Crippen molar-refractivity contribution in [2.75, 3.05) is 0 Å². The fourth-order valence-electron chi connectivity index (χ4n) is 1.50. The fraction of sp³-hybridized carbons (Fsp3) is 0.857. The first-order valence-corrected chi connectivity index (χ1v) is 15.3. The van der Waals surface area contributed by atoms with Crippen LogP contribution in [-0.4, -0.2) is 27.6 Å². The molecule has 0 aliphatic rings. The molecule has 0 aromatic carbocycles. The van der Waals surface area contributed by atoms with E-state index in [0.29, 0.717) is 0 Å². The van der Waals surface area contributed by atoms with Crippen LogP contribution in [0.1, 0.15) is 39.5 Å². The number of hydrogen-bond acceptors (Lipinski definition) is 0. The summed E-state index contributed by atoms with van der Waals surface area (Å²) in [6.07, 6.45) is 8.30. The third kappa shape index (κ3) is 11.2. The van der Waals surface area contributed by atoms with Crippen molar-refractivity contribution in [3.8, 4) is 0 Å². The van der Waals surface area contributed by atoms with E-state index >= 15 is 0 Å². The van der Waals surface area contributed by atoms with Crippen molar-refractivity contribution in [3.05, 3.63) is 11.8 Å². The van der Waals surface area contributed by atoms with Gasteiger partial charge in [-0.05, 0) is 0 Å². The summed E-state index contributed by atoms with van der Waals surface area (Å²) < 4.78 is 4.71. The van der Waals surface area contributed by atoms with Crippen LogP contribution >= 0.6 is 0 Å². The maximum absolute atomic E-state index is 2.55. The van der Waals surface area contributed by atoms with E-state index in [1.54, 1.807) is 8.94 Å². The molecule has 0 amide bonds. The molecule has 0 heterocycles. The van der Waals surface area contributed by atoms with Crippen LogP contribution in [0.5, 0.6) is 0 Å². The van der Waals surface area contributed by atoms with E-state index < -0.39 is 27.6 Å². The van der Waals surface area contributed by atoms with Gasteiger partial charge in [0.2, 0.25) is 0 Å². The Balaban J connectivity index is 3.94. The van der Waals surface area contributed by atoms with Crippen molar-refractivity contribution in [1.29, 1.82) is 0 Å². The van der Waals surface area contributed by atoms with Gasteiger partial charge < -0.3 is 0 Å². The number of hydrogen-bond donors (Lipinski definition) is 0. The van der Waals surface area contributed by atoms with Crippen molar-refractivity contribution in [2.24, 2.45) is 0 Å². The SMILES string of the molecule is CCCC[Te+](C/C=C/[Si](C)(C)C)CCCC. The minimum absolute atomic E-state index is 0.731. The molecule has 0 bridgehead atoms. The third-order valence-electron chi connectivity index (χ3n) is 2.52. The van der Waals surface area contributed by atoms with Crippen molar-refractivity contribution in [3.63, 3.8) is 0 Å². The summed E-state index contributed by atoms with van der Waals surface area (Å²) >= 11 is -0.731. The molecule has 0 nitrogen and oxygen atoms in total. The van der Waals surface area contributed by atoms with Crippen LogP contribution in [0.25, 0.3) is 0 Å². The number of allylic oxidation sites excluding steroid dienone is 1. The van der Waals surface area contributed by atoms with Gasteiger partial charge in [-0.15, -0.1) is 0 Å². The molecule has 0 N–H and O–H groups in total. The molecule has 0 spiro atoms. The molecule has 16 heavy (non-hydrogen) atoms. The molecule has 0 saturated heterocycles. The summed E-state index contributed by atoms with van der Waals surface area (Å²) in [6, 6.07) is 0. The van der Waals surface area contributed by atoms with Gasteiger partial charge in [0.15, 0.2) is 0 Å². The Bertz CT molecular complexity index is 174. The molecule has 0 aromatic rings. The van der Waals surface area contributed by atoms with Crippen LogP contribution in [0, 0.1) is 0 Å². The van der Waals surface area contributed by atoms with E-state index in [1.807, 2.05) is 0 Å². The van der Waals surface area contributed by atoms with Gasteiger partial charge in [-0.2, -0.15) is 0 Å². The van der Waals surface area contributed by atoms with E-state index in [0.717, 1.165) is 0 Å². The van der Waals surface area contributed by atoms with Crippen molar-refractivity contribution < 1.29 is 0 Å². The average Bonchev–Trinajstić information content (AvgIpc) is 2.19. The molecule has 0 unspecified atom stereocenters. The molecule has 2 heteroatoms. The molecular weight excluding hydrogens is 324 g/mol. The predicted molar refractivity (Wildman–Crippen MR) is 82.5 cm³/mol. The van der Waals surface area contributed by atoms with Crippen LogP contribution in [0.15, 0.2) is 11.8 Å². The Kier molecular flexibility index (Phi) is 10.2. The summed E-state index contributed by atoms with van der Waals surface area (Å²) in [5.41, 5.74) is 2.55. The normalized spacial score (nSPS) is 12.9. The standard InChI is InChI=1S/C14H31SiTe/c1-6-8-12-16(13-9-7-2)14-10-11-15(3,4)5/h10-11H,6-9,12-14H2,1-5H3/q+1/b11-10+. The van der Waals surface area contributed by atoms with E-state index in [4.69, 9.17) is 0 Å². The zero-order valence-corrected chi connectivity index (χ0v) is 15.3. The Labute approximate surface area is 112 Å². The first kappa shape index (κ1) is 16.7. The summed E-state index contributed by atoms with van der Waals surface area (Å²) in [5, 5.41) is 0. The topological polar surface area (TPSA) is 0 Å². The summed E-state index contributed by atoms with van der Waals surface area (Å²) in [6.45, 7) is 12.0. The molecular formula is C14H31SiTe+. The molecule has 0 fully saturated rings. The van der Waals surface area contributed by atoms with Crippen LogP contribution in [0.3, 0.4) is 0 Å². The average molecular weight is 355 g/mol. The van der Waals surface area contributed by atoms with Crippen molar-refractivity contribution in [2.45, 2.75) is 72.6 Å². The Morgan fingerprint density at radius 1 is 0.938 bits per heavy atom. The minimum atomic E-state index is -0.940. The molecule has 0 aliphatic carbocycles. The first-order valence-electron chi connectivity index (χ1n) is 6.81. The zero-order valence-electron chi connectivity index (χ0n) is 12.0. The van der Waals surface area contributed by atoms with E-state index in [-0.39, 0.29) is 0 Å². The van der Waals surface area contributed by atoms with Crippen LogP contribution in [0.2, 0.25) is 33.0 Å². The summed E-state index contributed by atoms with van der Waals surface area (Å²) in [7, 11) is -0.940.